The quantitative estimate of drug-likeness (QED) is 0.519. The van der Waals surface area contributed by atoms with Crippen molar-refractivity contribution in [3.05, 3.63) is 65.5 Å². The van der Waals surface area contributed by atoms with Gasteiger partial charge in [-0.2, -0.15) is 4.37 Å². The summed E-state index contributed by atoms with van der Waals surface area (Å²) in [5.74, 6) is 1.36. The molecule has 0 aliphatic rings. The summed E-state index contributed by atoms with van der Waals surface area (Å²) in [6, 6.07) is 14.5. The zero-order valence-corrected chi connectivity index (χ0v) is 17.3. The van der Waals surface area contributed by atoms with Gasteiger partial charge in [0.1, 0.15) is 11.6 Å². The number of ether oxygens (including phenoxy) is 1. The maximum Gasteiger partial charge on any atom is 0.240 e. The van der Waals surface area contributed by atoms with Crippen LogP contribution in [0.4, 0.5) is 5.13 Å². The average molecular weight is 419 g/mol. The van der Waals surface area contributed by atoms with Crippen LogP contribution in [0.3, 0.4) is 0 Å². The Kier molecular flexibility index (Phi) is 6.61. The molecule has 0 unspecified atom stereocenters. The third kappa shape index (κ3) is 5.51. The Balaban J connectivity index is 1.47. The van der Waals surface area contributed by atoms with Gasteiger partial charge in [-0.05, 0) is 36.8 Å². The first-order valence-electron chi connectivity index (χ1n) is 8.72. The van der Waals surface area contributed by atoms with Crippen molar-refractivity contribution in [1.82, 2.24) is 14.1 Å². The van der Waals surface area contributed by atoms with Gasteiger partial charge >= 0.3 is 0 Å². The van der Waals surface area contributed by atoms with E-state index in [9.17, 15) is 8.42 Å². The zero-order chi connectivity index (χ0) is 20.0. The van der Waals surface area contributed by atoms with Gasteiger partial charge in [-0.3, -0.25) is 0 Å². The van der Waals surface area contributed by atoms with E-state index in [2.05, 4.69) is 50.6 Å². The number of rotatable bonds is 9. The molecule has 148 valence electrons. The lowest BCUT2D eigenvalue weighted by Crippen LogP contribution is -2.28. The lowest BCUT2D eigenvalue weighted by atomic mass is 10.1. The van der Waals surface area contributed by atoms with E-state index in [1.54, 1.807) is 12.1 Å². The molecule has 28 heavy (non-hydrogen) atoms. The van der Waals surface area contributed by atoms with Crippen LogP contribution in [0.25, 0.3) is 0 Å². The number of sulfonamides is 1. The molecule has 0 amide bonds. The molecule has 2 N–H and O–H groups in total. The van der Waals surface area contributed by atoms with E-state index in [1.807, 2.05) is 0 Å². The number of hydrogen-bond donors (Lipinski definition) is 2. The number of methoxy groups -OCH3 is 1. The standard InChI is InChI=1S/C19H22N4O3S2/c1-14-3-5-15(6-4-14)13-18-22-19(27-23-18)20-11-12-21-28(24,25)17-9-7-16(26-2)8-10-17/h3-10,21H,11-13H2,1-2H3,(H,20,22,23). The predicted octanol–water partition coefficient (Wildman–Crippen LogP) is 2.84. The topological polar surface area (TPSA) is 93.2 Å². The molecule has 1 aromatic heterocycles. The molecule has 0 aliphatic carbocycles. The van der Waals surface area contributed by atoms with Crippen molar-refractivity contribution in [3.63, 3.8) is 0 Å². The Labute approximate surface area is 169 Å². The fourth-order valence-corrected chi connectivity index (χ4v) is 4.12. The Morgan fingerprint density at radius 2 is 1.75 bits per heavy atom. The van der Waals surface area contributed by atoms with Crippen LogP contribution in [0.15, 0.2) is 53.4 Å². The van der Waals surface area contributed by atoms with Crippen molar-refractivity contribution in [2.24, 2.45) is 0 Å². The predicted molar refractivity (Wildman–Crippen MR) is 111 cm³/mol. The molecule has 3 rings (SSSR count). The number of benzene rings is 2. The van der Waals surface area contributed by atoms with Gasteiger partial charge in [0.05, 0.1) is 12.0 Å². The molecule has 0 radical (unpaired) electrons. The number of anilines is 1. The maximum atomic E-state index is 12.3. The summed E-state index contributed by atoms with van der Waals surface area (Å²) in [7, 11) is -2.02. The van der Waals surface area contributed by atoms with Gasteiger partial charge < -0.3 is 10.1 Å². The molecule has 3 aromatic rings. The first-order chi connectivity index (χ1) is 13.5. The molecule has 1 heterocycles. The molecule has 0 spiro atoms. The van der Waals surface area contributed by atoms with Gasteiger partial charge in [0, 0.05) is 31.0 Å². The molecule has 0 aliphatic heterocycles. The van der Waals surface area contributed by atoms with E-state index in [1.165, 1.54) is 36.3 Å². The molecule has 2 aromatic carbocycles. The van der Waals surface area contributed by atoms with E-state index in [0.29, 0.717) is 23.8 Å². The second kappa shape index (κ2) is 9.13. The summed E-state index contributed by atoms with van der Waals surface area (Å²) >= 11 is 1.27. The first-order valence-corrected chi connectivity index (χ1v) is 11.0. The fourth-order valence-electron chi connectivity index (χ4n) is 2.48. The van der Waals surface area contributed by atoms with Crippen LogP contribution in [0.2, 0.25) is 0 Å². The van der Waals surface area contributed by atoms with Gasteiger partial charge in [0.2, 0.25) is 15.2 Å². The van der Waals surface area contributed by atoms with Crippen molar-refractivity contribution in [1.29, 1.82) is 0 Å². The smallest absolute Gasteiger partial charge is 0.240 e. The van der Waals surface area contributed by atoms with Crippen LogP contribution in [0, 0.1) is 6.92 Å². The average Bonchev–Trinajstić information content (AvgIpc) is 3.14. The van der Waals surface area contributed by atoms with Crippen LogP contribution in [-0.4, -0.2) is 38.0 Å². The molecule has 0 fully saturated rings. The number of aryl methyl sites for hydroxylation is 1. The normalized spacial score (nSPS) is 11.4. The van der Waals surface area contributed by atoms with Crippen molar-refractivity contribution in [2.45, 2.75) is 18.2 Å². The van der Waals surface area contributed by atoms with E-state index in [-0.39, 0.29) is 11.4 Å². The number of nitrogens with zero attached hydrogens (tertiary/aromatic N) is 2. The van der Waals surface area contributed by atoms with Crippen LogP contribution >= 0.6 is 11.5 Å². The van der Waals surface area contributed by atoms with Gasteiger partial charge in [-0.25, -0.2) is 18.1 Å². The largest absolute Gasteiger partial charge is 0.497 e. The van der Waals surface area contributed by atoms with Gasteiger partial charge in [-0.1, -0.05) is 29.8 Å². The van der Waals surface area contributed by atoms with Crippen LogP contribution in [-0.2, 0) is 16.4 Å². The minimum absolute atomic E-state index is 0.199. The summed E-state index contributed by atoms with van der Waals surface area (Å²) < 4.78 is 36.5. The summed E-state index contributed by atoms with van der Waals surface area (Å²) in [5.41, 5.74) is 2.37. The van der Waals surface area contributed by atoms with Crippen LogP contribution in [0.5, 0.6) is 5.75 Å². The Morgan fingerprint density at radius 3 is 2.43 bits per heavy atom. The minimum atomic E-state index is -3.56. The Hall–Kier alpha value is -2.49. The van der Waals surface area contributed by atoms with Gasteiger partial charge in [0.15, 0.2) is 0 Å². The number of nitrogens with one attached hydrogen (secondary N) is 2. The highest BCUT2D eigenvalue weighted by Gasteiger charge is 2.13. The monoisotopic (exact) mass is 418 g/mol. The van der Waals surface area contributed by atoms with Gasteiger partial charge in [-0.15, -0.1) is 0 Å². The molecule has 0 bridgehead atoms. The number of hydrogen-bond acceptors (Lipinski definition) is 7. The molecule has 0 saturated carbocycles. The third-order valence-corrected chi connectivity index (χ3v) is 6.20. The van der Waals surface area contributed by atoms with Crippen molar-refractivity contribution in [2.75, 3.05) is 25.5 Å². The van der Waals surface area contributed by atoms with E-state index in [4.69, 9.17) is 4.74 Å². The molecule has 0 saturated heterocycles. The molecule has 9 heteroatoms. The minimum Gasteiger partial charge on any atom is -0.497 e. The lowest BCUT2D eigenvalue weighted by Gasteiger charge is -2.07. The highest BCUT2D eigenvalue weighted by molar-refractivity contribution is 7.89. The van der Waals surface area contributed by atoms with Crippen molar-refractivity contribution in [3.8, 4) is 5.75 Å². The Bertz CT molecular complexity index is 1000. The van der Waals surface area contributed by atoms with E-state index < -0.39 is 10.0 Å². The highest BCUT2D eigenvalue weighted by atomic mass is 32.2. The molecular weight excluding hydrogens is 396 g/mol. The molecule has 7 nitrogen and oxygen atoms in total. The number of aromatic nitrogens is 2. The second-order valence-electron chi connectivity index (χ2n) is 6.18. The maximum absolute atomic E-state index is 12.3. The summed E-state index contributed by atoms with van der Waals surface area (Å²) in [5, 5.41) is 3.77. The lowest BCUT2D eigenvalue weighted by molar-refractivity contribution is 0.414. The Morgan fingerprint density at radius 1 is 1.04 bits per heavy atom. The van der Waals surface area contributed by atoms with Crippen LogP contribution < -0.4 is 14.8 Å². The molecular formula is C19H22N4O3S2. The fraction of sp³-hybridized carbons (Fsp3) is 0.263. The first kappa shape index (κ1) is 20.2. The summed E-state index contributed by atoms with van der Waals surface area (Å²) in [6.07, 6.45) is 0.669. The molecule has 0 atom stereocenters. The highest BCUT2D eigenvalue weighted by Crippen LogP contribution is 2.16. The summed E-state index contributed by atoms with van der Waals surface area (Å²) in [6.45, 7) is 2.70. The second-order valence-corrected chi connectivity index (χ2v) is 8.70. The van der Waals surface area contributed by atoms with Crippen molar-refractivity contribution >= 4 is 26.7 Å². The van der Waals surface area contributed by atoms with E-state index >= 15 is 0 Å². The van der Waals surface area contributed by atoms with Crippen LogP contribution in [0.1, 0.15) is 17.0 Å². The van der Waals surface area contributed by atoms with Gasteiger partial charge in [0.25, 0.3) is 0 Å². The third-order valence-electron chi connectivity index (χ3n) is 4.01. The zero-order valence-electron chi connectivity index (χ0n) is 15.7. The SMILES string of the molecule is COc1ccc(S(=O)(=O)NCCNc2nc(Cc3ccc(C)cc3)ns2)cc1. The van der Waals surface area contributed by atoms with Crippen molar-refractivity contribution < 1.29 is 13.2 Å². The van der Waals surface area contributed by atoms with E-state index in [0.717, 1.165) is 11.4 Å². The summed E-state index contributed by atoms with van der Waals surface area (Å²) in [4.78, 5) is 4.64.